The topological polar surface area (TPSA) is 62.5 Å². The van der Waals surface area contributed by atoms with E-state index < -0.39 is 0 Å². The molecule has 1 fully saturated rings. The van der Waals surface area contributed by atoms with E-state index in [1.807, 2.05) is 42.1 Å². The molecule has 6 heteroatoms. The zero-order valence-electron chi connectivity index (χ0n) is 15.2. The fourth-order valence-electron chi connectivity index (χ4n) is 3.41. The lowest BCUT2D eigenvalue weighted by atomic mass is 9.95. The predicted molar refractivity (Wildman–Crippen MR) is 95.2 cm³/mol. The summed E-state index contributed by atoms with van der Waals surface area (Å²) in [5.74, 6) is 1.64. The van der Waals surface area contributed by atoms with Crippen molar-refractivity contribution in [3.8, 4) is 0 Å². The summed E-state index contributed by atoms with van der Waals surface area (Å²) in [5, 5.41) is 4.05. The van der Waals surface area contributed by atoms with Gasteiger partial charge in [-0.1, -0.05) is 35.5 Å². The summed E-state index contributed by atoms with van der Waals surface area (Å²) < 4.78 is 5.11. The second-order valence-corrected chi connectivity index (χ2v) is 6.96. The normalized spacial score (nSPS) is 19.2. The van der Waals surface area contributed by atoms with Crippen LogP contribution in [0.1, 0.15) is 36.0 Å². The van der Waals surface area contributed by atoms with E-state index in [9.17, 15) is 4.79 Å². The summed E-state index contributed by atoms with van der Waals surface area (Å²) in [7, 11) is 3.94. The summed E-state index contributed by atoms with van der Waals surface area (Å²) in [5.41, 5.74) is 1.18. The van der Waals surface area contributed by atoms with Gasteiger partial charge in [0.25, 0.3) is 0 Å². The second-order valence-electron chi connectivity index (χ2n) is 6.96. The minimum absolute atomic E-state index is 0.159. The molecule has 6 nitrogen and oxygen atoms in total. The van der Waals surface area contributed by atoms with Gasteiger partial charge in [-0.05, 0) is 38.9 Å². The largest absolute Gasteiger partial charge is 0.341 e. The van der Waals surface area contributed by atoms with Crippen molar-refractivity contribution in [1.82, 2.24) is 19.9 Å². The van der Waals surface area contributed by atoms with Gasteiger partial charge in [-0.2, -0.15) is 4.98 Å². The van der Waals surface area contributed by atoms with Gasteiger partial charge in [0.1, 0.15) is 0 Å². The number of hydrogen-bond acceptors (Lipinski definition) is 5. The smallest absolute Gasteiger partial charge is 0.240 e. The molecule has 3 rings (SSSR count). The van der Waals surface area contributed by atoms with Crippen LogP contribution in [-0.4, -0.2) is 59.1 Å². The van der Waals surface area contributed by atoms with Gasteiger partial charge in [0.15, 0.2) is 5.82 Å². The van der Waals surface area contributed by atoms with Gasteiger partial charge in [0, 0.05) is 25.9 Å². The summed E-state index contributed by atoms with van der Waals surface area (Å²) in [4.78, 5) is 21.5. The van der Waals surface area contributed by atoms with Crippen LogP contribution in [0.2, 0.25) is 0 Å². The van der Waals surface area contributed by atoms with Crippen molar-refractivity contribution in [1.29, 1.82) is 0 Å². The zero-order valence-corrected chi connectivity index (χ0v) is 15.2. The number of likely N-dealkylation sites (N-methyl/N-ethyl adjacent to an activating group) is 1. The van der Waals surface area contributed by atoms with E-state index in [0.717, 1.165) is 31.6 Å². The summed E-state index contributed by atoms with van der Waals surface area (Å²) >= 11 is 0. The van der Waals surface area contributed by atoms with Crippen LogP contribution in [0.5, 0.6) is 0 Å². The van der Waals surface area contributed by atoms with Crippen LogP contribution in [0.3, 0.4) is 0 Å². The van der Waals surface area contributed by atoms with Crippen molar-refractivity contribution in [2.24, 2.45) is 0 Å². The summed E-state index contributed by atoms with van der Waals surface area (Å²) in [6, 6.07) is 10.0. The number of rotatable bonds is 5. The van der Waals surface area contributed by atoms with Gasteiger partial charge in [-0.15, -0.1) is 0 Å². The quantitative estimate of drug-likeness (QED) is 0.834. The molecule has 1 aromatic carbocycles. The third-order valence-electron chi connectivity index (χ3n) is 4.82. The molecule has 1 aliphatic rings. The SMILES string of the molecule is Cc1nc([C@@H]2CCCN(C(=O)[C@H](Cc3ccccc3)N(C)C)C2)no1. The van der Waals surface area contributed by atoms with Crippen molar-refractivity contribution < 1.29 is 9.32 Å². The molecule has 0 spiro atoms. The number of aryl methyl sites for hydroxylation is 1. The van der Waals surface area contributed by atoms with Crippen LogP contribution in [0, 0.1) is 6.92 Å². The molecular formula is C19H26N4O2. The number of piperidine rings is 1. The fraction of sp³-hybridized carbons (Fsp3) is 0.526. The highest BCUT2D eigenvalue weighted by molar-refractivity contribution is 5.82. The number of carbonyl (C=O) groups is 1. The molecule has 0 unspecified atom stereocenters. The number of carbonyl (C=O) groups excluding carboxylic acids is 1. The number of hydrogen-bond donors (Lipinski definition) is 0. The molecule has 1 saturated heterocycles. The Labute approximate surface area is 148 Å². The Balaban J connectivity index is 1.70. The highest BCUT2D eigenvalue weighted by Gasteiger charge is 2.32. The van der Waals surface area contributed by atoms with Crippen LogP contribution in [0.25, 0.3) is 0 Å². The fourth-order valence-corrected chi connectivity index (χ4v) is 3.41. The molecule has 134 valence electrons. The lowest BCUT2D eigenvalue weighted by molar-refractivity contribution is -0.137. The van der Waals surface area contributed by atoms with E-state index in [2.05, 4.69) is 22.3 Å². The van der Waals surface area contributed by atoms with Gasteiger partial charge in [0.2, 0.25) is 11.8 Å². The first-order chi connectivity index (χ1) is 12.0. The number of aromatic nitrogens is 2. The van der Waals surface area contributed by atoms with E-state index in [-0.39, 0.29) is 17.9 Å². The third kappa shape index (κ3) is 4.25. The Bertz CT molecular complexity index is 698. The lowest BCUT2D eigenvalue weighted by Gasteiger charge is -2.35. The number of nitrogens with zero attached hydrogens (tertiary/aromatic N) is 4. The Morgan fingerprint density at radius 3 is 2.76 bits per heavy atom. The van der Waals surface area contributed by atoms with Crippen LogP contribution >= 0.6 is 0 Å². The Kier molecular flexibility index (Phi) is 5.48. The monoisotopic (exact) mass is 342 g/mol. The first-order valence-corrected chi connectivity index (χ1v) is 8.84. The third-order valence-corrected chi connectivity index (χ3v) is 4.82. The summed E-state index contributed by atoms with van der Waals surface area (Å²) in [6.45, 7) is 3.26. The summed E-state index contributed by atoms with van der Waals surface area (Å²) in [6.07, 6.45) is 2.68. The van der Waals surface area contributed by atoms with E-state index in [1.54, 1.807) is 6.92 Å². The van der Waals surface area contributed by atoms with Gasteiger partial charge in [-0.25, -0.2) is 0 Å². The van der Waals surface area contributed by atoms with Crippen molar-refractivity contribution in [2.45, 2.75) is 38.1 Å². The molecule has 1 aliphatic heterocycles. The zero-order chi connectivity index (χ0) is 17.8. The van der Waals surface area contributed by atoms with E-state index in [4.69, 9.17) is 4.52 Å². The number of likely N-dealkylation sites (tertiary alicyclic amines) is 1. The standard InChI is InChI=1S/C19H26N4O2/c1-14-20-18(21-25-14)16-10-7-11-23(13-16)19(24)17(22(2)3)12-15-8-5-4-6-9-15/h4-6,8-9,16-17H,7,10-13H2,1-3H3/t16-,17+/m1/s1. The average molecular weight is 342 g/mol. The average Bonchev–Trinajstić information content (AvgIpc) is 3.06. The molecular weight excluding hydrogens is 316 g/mol. The van der Waals surface area contributed by atoms with Crippen LogP contribution in [0.4, 0.5) is 0 Å². The molecule has 0 aliphatic carbocycles. The molecule has 0 bridgehead atoms. The Morgan fingerprint density at radius 2 is 2.12 bits per heavy atom. The van der Waals surface area contributed by atoms with Gasteiger partial charge >= 0.3 is 0 Å². The van der Waals surface area contributed by atoms with Crippen molar-refractivity contribution in [3.63, 3.8) is 0 Å². The maximum atomic E-state index is 13.1. The van der Waals surface area contributed by atoms with Crippen molar-refractivity contribution >= 4 is 5.91 Å². The predicted octanol–water partition coefficient (Wildman–Crippen LogP) is 2.26. The Hall–Kier alpha value is -2.21. The molecule has 25 heavy (non-hydrogen) atoms. The lowest BCUT2D eigenvalue weighted by Crippen LogP contribution is -2.50. The van der Waals surface area contributed by atoms with Crippen LogP contribution in [0.15, 0.2) is 34.9 Å². The minimum Gasteiger partial charge on any atom is -0.341 e. The molecule has 2 aromatic rings. The highest BCUT2D eigenvalue weighted by Crippen LogP contribution is 2.26. The van der Waals surface area contributed by atoms with E-state index in [1.165, 1.54) is 5.56 Å². The first kappa shape index (κ1) is 17.6. The molecule has 1 aromatic heterocycles. The highest BCUT2D eigenvalue weighted by atomic mass is 16.5. The molecule has 0 saturated carbocycles. The maximum absolute atomic E-state index is 13.1. The van der Waals surface area contributed by atoms with Crippen molar-refractivity contribution in [2.75, 3.05) is 27.2 Å². The number of benzene rings is 1. The Morgan fingerprint density at radius 1 is 1.36 bits per heavy atom. The minimum atomic E-state index is -0.159. The van der Waals surface area contributed by atoms with Gasteiger partial charge in [0.05, 0.1) is 6.04 Å². The van der Waals surface area contributed by atoms with Crippen LogP contribution < -0.4 is 0 Å². The van der Waals surface area contributed by atoms with Gasteiger partial charge < -0.3 is 9.42 Å². The molecule has 2 heterocycles. The molecule has 0 radical (unpaired) electrons. The molecule has 1 amide bonds. The first-order valence-electron chi connectivity index (χ1n) is 8.84. The van der Waals surface area contributed by atoms with Crippen molar-refractivity contribution in [3.05, 3.63) is 47.6 Å². The van der Waals surface area contributed by atoms with Crippen LogP contribution in [-0.2, 0) is 11.2 Å². The molecule has 2 atom stereocenters. The molecule has 0 N–H and O–H groups in total. The maximum Gasteiger partial charge on any atom is 0.240 e. The van der Waals surface area contributed by atoms with E-state index >= 15 is 0 Å². The number of amides is 1. The second kappa shape index (κ2) is 7.78. The van der Waals surface area contributed by atoms with Gasteiger partial charge in [-0.3, -0.25) is 9.69 Å². The van der Waals surface area contributed by atoms with E-state index in [0.29, 0.717) is 12.4 Å².